The minimum Gasteiger partial charge on any atom is -0.493 e. The van der Waals surface area contributed by atoms with Gasteiger partial charge in [0, 0.05) is 31.1 Å². The van der Waals surface area contributed by atoms with Crippen LogP contribution >= 0.6 is 0 Å². The highest BCUT2D eigenvalue weighted by Crippen LogP contribution is 2.30. The van der Waals surface area contributed by atoms with E-state index < -0.39 is 11.7 Å². The van der Waals surface area contributed by atoms with Crippen LogP contribution in [-0.2, 0) is 23.8 Å². The number of aromatic nitrogens is 4. The third-order valence-electron chi connectivity index (χ3n) is 5.50. The molecule has 0 radical (unpaired) electrons. The molecule has 0 aliphatic carbocycles. The van der Waals surface area contributed by atoms with E-state index in [9.17, 15) is 18.0 Å². The zero-order valence-corrected chi connectivity index (χ0v) is 17.4. The number of alkyl halides is 3. The van der Waals surface area contributed by atoms with Crippen molar-refractivity contribution in [2.45, 2.75) is 38.3 Å². The highest BCUT2D eigenvalue weighted by Gasteiger charge is 2.30. The molecule has 1 amide bonds. The molecule has 0 spiro atoms. The first-order chi connectivity index (χ1) is 15.3. The van der Waals surface area contributed by atoms with Crippen LogP contribution in [-0.4, -0.2) is 51.0 Å². The second-order valence-corrected chi connectivity index (χ2v) is 7.74. The summed E-state index contributed by atoms with van der Waals surface area (Å²) >= 11 is 0. The largest absolute Gasteiger partial charge is 0.493 e. The number of likely N-dealkylation sites (tertiary alicyclic amines) is 1. The van der Waals surface area contributed by atoms with Crippen LogP contribution in [0, 0.1) is 6.92 Å². The van der Waals surface area contributed by atoms with Gasteiger partial charge < -0.3 is 9.64 Å². The number of amides is 1. The number of halogens is 3. The molecule has 32 heavy (non-hydrogen) atoms. The van der Waals surface area contributed by atoms with Crippen LogP contribution in [0.4, 0.5) is 13.2 Å². The Morgan fingerprint density at radius 2 is 2.06 bits per heavy atom. The molecule has 1 aliphatic heterocycles. The Morgan fingerprint density at radius 3 is 2.75 bits per heavy atom. The summed E-state index contributed by atoms with van der Waals surface area (Å²) in [5, 5.41) is 14.8. The molecule has 170 valence electrons. The van der Waals surface area contributed by atoms with Gasteiger partial charge in [-0.2, -0.15) is 18.3 Å². The highest BCUT2D eigenvalue weighted by atomic mass is 19.4. The zero-order chi connectivity index (χ0) is 22.7. The molecule has 1 fully saturated rings. The van der Waals surface area contributed by atoms with Crippen LogP contribution in [0.25, 0.3) is 0 Å². The Balaban J connectivity index is 1.25. The van der Waals surface area contributed by atoms with Gasteiger partial charge in [-0.25, -0.2) is 4.63 Å². The number of carbonyl (C=O) groups excluding carboxylic acids is 1. The van der Waals surface area contributed by atoms with E-state index in [-0.39, 0.29) is 18.2 Å². The minimum absolute atomic E-state index is 0.0213. The van der Waals surface area contributed by atoms with E-state index in [1.807, 2.05) is 6.07 Å². The fourth-order valence-electron chi connectivity index (χ4n) is 3.63. The molecule has 0 saturated carbocycles. The first kappa shape index (κ1) is 21.8. The van der Waals surface area contributed by atoms with Crippen molar-refractivity contribution in [1.29, 1.82) is 0 Å². The van der Waals surface area contributed by atoms with Crippen LogP contribution in [0.2, 0.25) is 0 Å². The number of aryl methyl sites for hydroxylation is 1. The van der Waals surface area contributed by atoms with Gasteiger partial charge >= 0.3 is 6.18 Å². The second-order valence-electron chi connectivity index (χ2n) is 7.74. The maximum Gasteiger partial charge on any atom is 0.416 e. The molecule has 11 heteroatoms. The van der Waals surface area contributed by atoms with Gasteiger partial charge in [-0.1, -0.05) is 10.3 Å². The lowest BCUT2D eigenvalue weighted by Gasteiger charge is -2.15. The van der Waals surface area contributed by atoms with Gasteiger partial charge in [-0.15, -0.1) is 0 Å². The number of H-pyrrole nitrogens is 1. The van der Waals surface area contributed by atoms with Gasteiger partial charge in [0.05, 0.1) is 24.3 Å². The molecular formula is C21H22F3N5O3. The van der Waals surface area contributed by atoms with Crippen LogP contribution in [0.3, 0.4) is 0 Å². The van der Waals surface area contributed by atoms with E-state index in [1.165, 1.54) is 12.1 Å². The molecule has 0 bridgehead atoms. The number of hydrogen-bond donors (Lipinski definition) is 1. The average Bonchev–Trinajstić information content (AvgIpc) is 3.49. The quantitative estimate of drug-likeness (QED) is 0.595. The number of nitrogens with zero attached hydrogens (tertiary/aromatic N) is 4. The molecule has 8 nitrogen and oxygen atoms in total. The van der Waals surface area contributed by atoms with Gasteiger partial charge in [0.2, 0.25) is 5.91 Å². The molecule has 0 unspecified atom stereocenters. The summed E-state index contributed by atoms with van der Waals surface area (Å²) in [5.41, 5.74) is 2.20. The van der Waals surface area contributed by atoms with Gasteiger partial charge in [0.15, 0.2) is 0 Å². The monoisotopic (exact) mass is 449 g/mol. The second kappa shape index (κ2) is 9.01. The molecule has 1 atom stereocenters. The van der Waals surface area contributed by atoms with E-state index in [0.29, 0.717) is 43.3 Å². The van der Waals surface area contributed by atoms with Gasteiger partial charge in [0.1, 0.15) is 17.1 Å². The molecule has 1 aliphatic rings. The molecular weight excluding hydrogens is 427 g/mol. The van der Waals surface area contributed by atoms with Crippen molar-refractivity contribution in [1.82, 2.24) is 25.4 Å². The number of rotatable bonds is 7. The van der Waals surface area contributed by atoms with Crippen molar-refractivity contribution in [2.24, 2.45) is 0 Å². The fraction of sp³-hybridized carbons (Fsp3) is 0.429. The maximum absolute atomic E-state index is 12.6. The van der Waals surface area contributed by atoms with Crippen molar-refractivity contribution < 1.29 is 27.3 Å². The van der Waals surface area contributed by atoms with E-state index >= 15 is 0 Å². The Bertz CT molecular complexity index is 1060. The fourth-order valence-corrected chi connectivity index (χ4v) is 3.63. The summed E-state index contributed by atoms with van der Waals surface area (Å²) in [6.45, 7) is 3.27. The predicted molar refractivity (Wildman–Crippen MR) is 106 cm³/mol. The summed E-state index contributed by atoms with van der Waals surface area (Å²) in [4.78, 5) is 14.3. The van der Waals surface area contributed by atoms with E-state index in [2.05, 4.69) is 25.1 Å². The van der Waals surface area contributed by atoms with E-state index in [1.54, 1.807) is 11.8 Å². The Morgan fingerprint density at radius 1 is 1.28 bits per heavy atom. The zero-order valence-electron chi connectivity index (χ0n) is 17.4. The molecule has 3 heterocycles. The SMILES string of the molecule is Cc1nonc1CC(=O)N1CC[C@@H](c2cc(CCOc3ccc(C(F)(F)F)cc3)[nH]n2)C1. The lowest BCUT2D eigenvalue weighted by atomic mass is 10.0. The van der Waals surface area contributed by atoms with Crippen LogP contribution < -0.4 is 4.74 Å². The molecule has 1 saturated heterocycles. The first-order valence-electron chi connectivity index (χ1n) is 10.2. The van der Waals surface area contributed by atoms with Crippen LogP contribution in [0.15, 0.2) is 35.0 Å². The Labute approximate surface area is 181 Å². The summed E-state index contributed by atoms with van der Waals surface area (Å²) < 4.78 is 48.0. The lowest BCUT2D eigenvalue weighted by molar-refractivity contribution is -0.137. The molecule has 1 aromatic carbocycles. The number of hydrogen-bond acceptors (Lipinski definition) is 6. The average molecular weight is 449 g/mol. The number of carbonyl (C=O) groups is 1. The first-order valence-corrected chi connectivity index (χ1v) is 10.2. The summed E-state index contributed by atoms with van der Waals surface area (Å²) in [7, 11) is 0. The molecule has 4 rings (SSSR count). The lowest BCUT2D eigenvalue weighted by Crippen LogP contribution is -2.30. The van der Waals surface area contributed by atoms with Crippen LogP contribution in [0.1, 0.15) is 40.7 Å². The minimum atomic E-state index is -4.36. The highest BCUT2D eigenvalue weighted by molar-refractivity contribution is 5.78. The Hall–Kier alpha value is -3.37. The van der Waals surface area contributed by atoms with Crippen molar-refractivity contribution in [3.63, 3.8) is 0 Å². The Kier molecular flexibility index (Phi) is 6.15. The van der Waals surface area contributed by atoms with Crippen molar-refractivity contribution in [3.8, 4) is 5.75 Å². The normalized spacial score (nSPS) is 16.5. The number of benzene rings is 1. The van der Waals surface area contributed by atoms with Gasteiger partial charge in [-0.05, 0) is 43.7 Å². The maximum atomic E-state index is 12.6. The summed E-state index contributed by atoms with van der Waals surface area (Å²) in [5.74, 6) is 0.489. The van der Waals surface area contributed by atoms with E-state index in [0.717, 1.165) is 29.9 Å². The van der Waals surface area contributed by atoms with Crippen molar-refractivity contribution in [3.05, 3.63) is 58.7 Å². The third-order valence-corrected chi connectivity index (χ3v) is 5.50. The predicted octanol–water partition coefficient (Wildman–Crippen LogP) is 3.30. The standard InChI is InChI=1S/C21H22F3N5O3/c1-13-18(28-32-27-13)11-20(30)29-8-6-14(12-29)19-10-16(25-26-19)7-9-31-17-4-2-15(3-5-17)21(22,23)24/h2-5,10,14H,6-9,11-12H2,1H3,(H,25,26)/t14-/m1/s1. The van der Waals surface area contributed by atoms with Crippen LogP contribution in [0.5, 0.6) is 5.75 Å². The van der Waals surface area contributed by atoms with Gasteiger partial charge in [0.25, 0.3) is 0 Å². The molecule has 2 aromatic heterocycles. The number of ether oxygens (including phenoxy) is 1. The van der Waals surface area contributed by atoms with Gasteiger partial charge in [-0.3, -0.25) is 9.89 Å². The van der Waals surface area contributed by atoms with Crippen molar-refractivity contribution >= 4 is 5.91 Å². The third kappa shape index (κ3) is 5.09. The summed E-state index contributed by atoms with van der Waals surface area (Å²) in [6, 6.07) is 6.55. The number of nitrogens with one attached hydrogen (secondary N) is 1. The molecule has 1 N–H and O–H groups in total. The topological polar surface area (TPSA) is 97.1 Å². The number of aromatic amines is 1. The van der Waals surface area contributed by atoms with Crippen molar-refractivity contribution in [2.75, 3.05) is 19.7 Å². The van der Waals surface area contributed by atoms with E-state index in [4.69, 9.17) is 4.74 Å². The summed E-state index contributed by atoms with van der Waals surface area (Å²) in [6.07, 6.45) is -2.86. The smallest absolute Gasteiger partial charge is 0.416 e. The molecule has 3 aromatic rings.